The molecule has 1 aromatic carbocycles. The second-order valence-corrected chi connectivity index (χ2v) is 4.75. The zero-order valence-electron chi connectivity index (χ0n) is 10.3. The van der Waals surface area contributed by atoms with Gasteiger partial charge >= 0.3 is 6.18 Å². The predicted molar refractivity (Wildman–Crippen MR) is 64.8 cm³/mol. The van der Waals surface area contributed by atoms with E-state index in [2.05, 4.69) is 0 Å². The van der Waals surface area contributed by atoms with Gasteiger partial charge in [0.05, 0.1) is 18.3 Å². The molecule has 0 radical (unpaired) electrons. The molecule has 106 valence electrons. The highest BCUT2D eigenvalue weighted by Crippen LogP contribution is 2.38. The van der Waals surface area contributed by atoms with Gasteiger partial charge in [0.15, 0.2) is 0 Å². The Morgan fingerprint density at radius 3 is 2.63 bits per heavy atom. The molecular weight excluding hydrogens is 259 g/mol. The molecule has 0 saturated carbocycles. The lowest BCUT2D eigenvalue weighted by atomic mass is 10.0. The molecule has 2 N–H and O–H groups in total. The average molecular weight is 275 g/mol. The minimum absolute atomic E-state index is 0.0726. The number of alkyl halides is 3. The summed E-state index contributed by atoms with van der Waals surface area (Å²) < 4.78 is 39.1. The zero-order chi connectivity index (χ0) is 14.0. The summed E-state index contributed by atoms with van der Waals surface area (Å²) in [5, 5.41) is 18.5. The number of benzene rings is 1. The van der Waals surface area contributed by atoms with E-state index in [1.165, 1.54) is 12.1 Å². The van der Waals surface area contributed by atoms with Crippen molar-refractivity contribution in [3.05, 3.63) is 29.3 Å². The Bertz CT molecular complexity index is 448. The number of rotatable bonds is 2. The van der Waals surface area contributed by atoms with Crippen molar-refractivity contribution in [2.45, 2.75) is 31.7 Å². The van der Waals surface area contributed by atoms with Gasteiger partial charge in [-0.25, -0.2) is 0 Å². The van der Waals surface area contributed by atoms with E-state index in [1.807, 2.05) is 0 Å². The first-order valence-electron chi connectivity index (χ1n) is 6.16. The summed E-state index contributed by atoms with van der Waals surface area (Å²) in [6.07, 6.45) is -3.78. The van der Waals surface area contributed by atoms with Crippen molar-refractivity contribution in [2.24, 2.45) is 0 Å². The number of aliphatic hydroxyl groups excluding tert-OH is 2. The molecule has 0 bridgehead atoms. The normalized spacial score (nSPS) is 20.7. The fraction of sp³-hybridized carbons (Fsp3) is 0.538. The highest BCUT2D eigenvalue weighted by Gasteiger charge is 2.35. The SMILES string of the molecule is OCc1ccc(N2CCCC(O)C2)c(C(F)(F)F)c1. The number of β-amino-alcohol motifs (C(OH)–C–C–N with tert-alkyl or cyclic N) is 1. The van der Waals surface area contributed by atoms with Gasteiger partial charge in [0.25, 0.3) is 0 Å². The molecule has 2 rings (SSSR count). The van der Waals surface area contributed by atoms with Crippen molar-refractivity contribution in [3.63, 3.8) is 0 Å². The Balaban J connectivity index is 2.38. The third-order valence-corrected chi connectivity index (χ3v) is 3.29. The second-order valence-electron chi connectivity index (χ2n) is 4.75. The first-order chi connectivity index (χ1) is 8.91. The zero-order valence-corrected chi connectivity index (χ0v) is 10.3. The maximum absolute atomic E-state index is 13.0. The van der Waals surface area contributed by atoms with Crippen LogP contribution in [0.1, 0.15) is 24.0 Å². The fourth-order valence-electron chi connectivity index (χ4n) is 2.36. The predicted octanol–water partition coefficient (Wildman–Crippen LogP) is 2.16. The van der Waals surface area contributed by atoms with Crippen LogP contribution in [0.4, 0.5) is 18.9 Å². The molecule has 6 heteroatoms. The van der Waals surface area contributed by atoms with Crippen LogP contribution < -0.4 is 4.90 Å². The second kappa shape index (κ2) is 5.38. The average Bonchev–Trinajstić information content (AvgIpc) is 2.37. The summed E-state index contributed by atoms with van der Waals surface area (Å²) >= 11 is 0. The quantitative estimate of drug-likeness (QED) is 0.869. The summed E-state index contributed by atoms with van der Waals surface area (Å²) in [5.41, 5.74) is -0.453. The van der Waals surface area contributed by atoms with E-state index < -0.39 is 24.5 Å². The fourth-order valence-corrected chi connectivity index (χ4v) is 2.36. The van der Waals surface area contributed by atoms with Gasteiger partial charge in [0.2, 0.25) is 0 Å². The summed E-state index contributed by atoms with van der Waals surface area (Å²) in [6.45, 7) is 0.284. The number of anilines is 1. The lowest BCUT2D eigenvalue weighted by Crippen LogP contribution is -2.39. The topological polar surface area (TPSA) is 43.7 Å². The molecule has 1 aromatic rings. The molecule has 0 spiro atoms. The minimum atomic E-state index is -4.47. The number of nitrogens with zero attached hydrogens (tertiary/aromatic N) is 1. The van der Waals surface area contributed by atoms with Crippen molar-refractivity contribution in [2.75, 3.05) is 18.0 Å². The van der Waals surface area contributed by atoms with Crippen LogP contribution in [0.3, 0.4) is 0 Å². The molecule has 3 nitrogen and oxygen atoms in total. The maximum Gasteiger partial charge on any atom is 0.418 e. The first kappa shape index (κ1) is 14.1. The molecule has 1 fully saturated rings. The molecule has 1 saturated heterocycles. The molecular formula is C13H16F3NO2. The van der Waals surface area contributed by atoms with E-state index in [9.17, 15) is 18.3 Å². The molecule has 1 unspecified atom stereocenters. The summed E-state index contributed by atoms with van der Waals surface area (Å²) in [5.74, 6) is 0. The van der Waals surface area contributed by atoms with Crippen LogP contribution in [0, 0.1) is 0 Å². The van der Waals surface area contributed by atoms with Gasteiger partial charge in [-0.05, 0) is 30.5 Å². The number of hydrogen-bond acceptors (Lipinski definition) is 3. The van der Waals surface area contributed by atoms with Crippen LogP contribution >= 0.6 is 0 Å². The van der Waals surface area contributed by atoms with Gasteiger partial charge in [-0.15, -0.1) is 0 Å². The smallest absolute Gasteiger partial charge is 0.392 e. The molecule has 19 heavy (non-hydrogen) atoms. The number of aliphatic hydroxyl groups is 2. The van der Waals surface area contributed by atoms with Crippen LogP contribution in [-0.2, 0) is 12.8 Å². The van der Waals surface area contributed by atoms with Gasteiger partial charge in [-0.2, -0.15) is 13.2 Å². The molecule has 1 aliphatic heterocycles. The van der Waals surface area contributed by atoms with Crippen LogP contribution in [0.2, 0.25) is 0 Å². The van der Waals surface area contributed by atoms with Crippen LogP contribution in [0.25, 0.3) is 0 Å². The lowest BCUT2D eigenvalue weighted by Gasteiger charge is -2.33. The van der Waals surface area contributed by atoms with Crippen LogP contribution in [0.5, 0.6) is 0 Å². The largest absolute Gasteiger partial charge is 0.418 e. The highest BCUT2D eigenvalue weighted by molar-refractivity contribution is 5.56. The Morgan fingerprint density at radius 2 is 2.05 bits per heavy atom. The Labute approximate surface area is 109 Å². The number of piperidine rings is 1. The number of halogens is 3. The molecule has 1 heterocycles. The minimum Gasteiger partial charge on any atom is -0.392 e. The van der Waals surface area contributed by atoms with Gasteiger partial charge in [0, 0.05) is 18.8 Å². The van der Waals surface area contributed by atoms with Crippen LogP contribution in [-0.4, -0.2) is 29.4 Å². The Kier molecular flexibility index (Phi) is 4.01. The van der Waals surface area contributed by atoms with Gasteiger partial charge in [0.1, 0.15) is 0 Å². The van der Waals surface area contributed by atoms with E-state index in [-0.39, 0.29) is 17.8 Å². The van der Waals surface area contributed by atoms with Gasteiger partial charge < -0.3 is 15.1 Å². The standard InChI is InChI=1S/C13H16F3NO2/c14-13(15,16)11-6-9(8-18)3-4-12(11)17-5-1-2-10(19)7-17/h3-4,6,10,18-19H,1-2,5,7-8H2. The molecule has 0 amide bonds. The van der Waals surface area contributed by atoms with Crippen molar-refractivity contribution in [1.82, 2.24) is 0 Å². The van der Waals surface area contributed by atoms with E-state index in [0.29, 0.717) is 19.4 Å². The van der Waals surface area contributed by atoms with Crippen molar-refractivity contribution >= 4 is 5.69 Å². The summed E-state index contributed by atoms with van der Waals surface area (Å²) in [4.78, 5) is 1.55. The number of hydrogen-bond donors (Lipinski definition) is 2. The van der Waals surface area contributed by atoms with Gasteiger partial charge in [-0.3, -0.25) is 0 Å². The Morgan fingerprint density at radius 1 is 1.32 bits per heavy atom. The highest BCUT2D eigenvalue weighted by atomic mass is 19.4. The molecule has 0 aliphatic carbocycles. The van der Waals surface area contributed by atoms with E-state index >= 15 is 0 Å². The first-order valence-corrected chi connectivity index (χ1v) is 6.16. The van der Waals surface area contributed by atoms with E-state index in [1.54, 1.807) is 4.90 Å². The third-order valence-electron chi connectivity index (χ3n) is 3.29. The third kappa shape index (κ3) is 3.19. The Hall–Kier alpha value is -1.27. The van der Waals surface area contributed by atoms with Crippen molar-refractivity contribution in [3.8, 4) is 0 Å². The molecule has 0 aromatic heterocycles. The van der Waals surface area contributed by atoms with E-state index in [4.69, 9.17) is 5.11 Å². The molecule has 1 aliphatic rings. The van der Waals surface area contributed by atoms with Crippen molar-refractivity contribution < 1.29 is 23.4 Å². The van der Waals surface area contributed by atoms with Gasteiger partial charge in [-0.1, -0.05) is 6.07 Å². The van der Waals surface area contributed by atoms with Crippen molar-refractivity contribution in [1.29, 1.82) is 0 Å². The van der Waals surface area contributed by atoms with Crippen LogP contribution in [0.15, 0.2) is 18.2 Å². The molecule has 1 atom stereocenters. The lowest BCUT2D eigenvalue weighted by molar-refractivity contribution is -0.137. The summed E-state index contributed by atoms with van der Waals surface area (Å²) in [7, 11) is 0. The maximum atomic E-state index is 13.0. The monoisotopic (exact) mass is 275 g/mol. The van der Waals surface area contributed by atoms with E-state index in [0.717, 1.165) is 6.07 Å². The summed E-state index contributed by atoms with van der Waals surface area (Å²) in [6, 6.07) is 3.81.